The molecule has 1 aromatic rings. The third-order valence-corrected chi connectivity index (χ3v) is 5.98. The molecule has 0 radical (unpaired) electrons. The second kappa shape index (κ2) is 7.60. The van der Waals surface area contributed by atoms with Crippen molar-refractivity contribution in [2.45, 2.75) is 30.7 Å². The number of aliphatic hydroxyl groups excluding tert-OH is 1. The third kappa shape index (κ3) is 4.54. The minimum atomic E-state index is -3.56. The maximum Gasteiger partial charge on any atom is 0.242 e. The number of carbonyl (C=O) groups is 1. The average Bonchev–Trinajstić information content (AvgIpc) is 3.33. The highest BCUT2D eigenvalue weighted by Gasteiger charge is 2.29. The Hall–Kier alpha value is -1.48. The van der Waals surface area contributed by atoms with Gasteiger partial charge in [-0.05, 0) is 37.5 Å². The van der Waals surface area contributed by atoms with E-state index in [9.17, 15) is 13.2 Å². The standard InChI is InChI=1S/C16H25N3O4S/c1-12-4-5-13(10-15(12)24(22,23)18(2)3)17-16(21)11-19(8-9-20)14-6-7-14/h4-5,10,14,20H,6-9,11H2,1-3H3,(H,17,21). The van der Waals surface area contributed by atoms with Gasteiger partial charge in [-0.3, -0.25) is 9.69 Å². The molecule has 1 amide bonds. The molecule has 0 spiro atoms. The number of aryl methyl sites for hydroxylation is 1. The largest absolute Gasteiger partial charge is 0.395 e. The van der Waals surface area contributed by atoms with Crippen molar-refractivity contribution in [3.63, 3.8) is 0 Å². The maximum absolute atomic E-state index is 12.3. The first-order valence-electron chi connectivity index (χ1n) is 7.93. The SMILES string of the molecule is Cc1ccc(NC(=O)CN(CCO)C2CC2)cc1S(=O)(=O)N(C)C. The molecule has 0 unspecified atom stereocenters. The second-order valence-electron chi connectivity index (χ2n) is 6.24. The summed E-state index contributed by atoms with van der Waals surface area (Å²) < 4.78 is 25.8. The molecule has 1 saturated carbocycles. The Labute approximate surface area is 143 Å². The zero-order chi connectivity index (χ0) is 17.9. The van der Waals surface area contributed by atoms with E-state index in [1.165, 1.54) is 20.2 Å². The van der Waals surface area contributed by atoms with Crippen molar-refractivity contribution in [2.24, 2.45) is 0 Å². The molecule has 0 bridgehead atoms. The van der Waals surface area contributed by atoms with Crippen LogP contribution < -0.4 is 5.32 Å². The predicted molar refractivity (Wildman–Crippen MR) is 92.4 cm³/mol. The number of aliphatic hydroxyl groups is 1. The van der Waals surface area contributed by atoms with E-state index in [0.29, 0.717) is 23.8 Å². The van der Waals surface area contributed by atoms with Crippen LogP contribution in [0.15, 0.2) is 23.1 Å². The van der Waals surface area contributed by atoms with Crippen LogP contribution in [0.3, 0.4) is 0 Å². The van der Waals surface area contributed by atoms with Gasteiger partial charge in [-0.25, -0.2) is 12.7 Å². The fourth-order valence-corrected chi connectivity index (χ4v) is 3.64. The fourth-order valence-electron chi connectivity index (χ4n) is 2.50. The number of rotatable bonds is 8. The van der Waals surface area contributed by atoms with Crippen LogP contribution in [0.5, 0.6) is 0 Å². The Morgan fingerprint density at radius 2 is 2.00 bits per heavy atom. The van der Waals surface area contributed by atoms with E-state index in [0.717, 1.165) is 17.1 Å². The van der Waals surface area contributed by atoms with Crippen molar-refractivity contribution in [3.8, 4) is 0 Å². The first kappa shape index (κ1) is 18.9. The molecule has 0 aromatic heterocycles. The van der Waals surface area contributed by atoms with Gasteiger partial charge in [-0.2, -0.15) is 0 Å². The zero-order valence-corrected chi connectivity index (χ0v) is 15.1. The summed E-state index contributed by atoms with van der Waals surface area (Å²) in [4.78, 5) is 14.3. The molecule has 1 aliphatic carbocycles. The second-order valence-corrected chi connectivity index (χ2v) is 8.36. The summed E-state index contributed by atoms with van der Waals surface area (Å²) in [5.41, 5.74) is 1.08. The number of nitrogens with one attached hydrogen (secondary N) is 1. The zero-order valence-electron chi connectivity index (χ0n) is 14.3. The summed E-state index contributed by atoms with van der Waals surface area (Å²) >= 11 is 0. The highest BCUT2D eigenvalue weighted by molar-refractivity contribution is 7.89. The molecule has 0 atom stereocenters. The van der Waals surface area contributed by atoms with E-state index in [-0.39, 0.29) is 24.0 Å². The molecule has 0 saturated heterocycles. The summed E-state index contributed by atoms with van der Waals surface area (Å²) in [6, 6.07) is 5.22. The molecule has 8 heteroatoms. The van der Waals surface area contributed by atoms with Crippen LogP contribution >= 0.6 is 0 Å². The van der Waals surface area contributed by atoms with Crippen molar-refractivity contribution < 1.29 is 18.3 Å². The van der Waals surface area contributed by atoms with Gasteiger partial charge in [0.2, 0.25) is 15.9 Å². The van der Waals surface area contributed by atoms with E-state index < -0.39 is 10.0 Å². The molecule has 1 aliphatic rings. The lowest BCUT2D eigenvalue weighted by Gasteiger charge is -2.20. The van der Waals surface area contributed by atoms with Gasteiger partial charge < -0.3 is 10.4 Å². The van der Waals surface area contributed by atoms with Crippen molar-refractivity contribution in [1.82, 2.24) is 9.21 Å². The van der Waals surface area contributed by atoms with Crippen molar-refractivity contribution >= 4 is 21.6 Å². The number of amides is 1. The highest BCUT2D eigenvalue weighted by Crippen LogP contribution is 2.26. The Morgan fingerprint density at radius 3 is 2.54 bits per heavy atom. The molecule has 1 aromatic carbocycles. The van der Waals surface area contributed by atoms with E-state index in [4.69, 9.17) is 5.11 Å². The lowest BCUT2D eigenvalue weighted by Crippen LogP contribution is -2.36. The summed E-state index contributed by atoms with van der Waals surface area (Å²) in [5, 5.41) is 11.8. The quantitative estimate of drug-likeness (QED) is 0.714. The molecule has 2 rings (SSSR count). The van der Waals surface area contributed by atoms with Gasteiger partial charge in [0.1, 0.15) is 0 Å². The minimum absolute atomic E-state index is 0.0134. The fraction of sp³-hybridized carbons (Fsp3) is 0.562. The van der Waals surface area contributed by atoms with E-state index in [2.05, 4.69) is 5.32 Å². The number of sulfonamides is 1. The lowest BCUT2D eigenvalue weighted by molar-refractivity contribution is -0.117. The van der Waals surface area contributed by atoms with Crippen molar-refractivity contribution in [1.29, 1.82) is 0 Å². The number of hydrogen-bond acceptors (Lipinski definition) is 5. The summed E-state index contributed by atoms with van der Waals surface area (Å²) in [7, 11) is -0.613. The van der Waals surface area contributed by atoms with Gasteiger partial charge >= 0.3 is 0 Å². The first-order valence-corrected chi connectivity index (χ1v) is 9.37. The first-order chi connectivity index (χ1) is 11.3. The Bertz CT molecular complexity index is 699. The van der Waals surface area contributed by atoms with E-state index in [1.54, 1.807) is 19.1 Å². The van der Waals surface area contributed by atoms with Crippen LogP contribution in [0.4, 0.5) is 5.69 Å². The Balaban J connectivity index is 2.11. The number of benzene rings is 1. The van der Waals surface area contributed by atoms with Gasteiger partial charge in [-0.1, -0.05) is 6.07 Å². The van der Waals surface area contributed by atoms with Crippen molar-refractivity contribution in [2.75, 3.05) is 39.1 Å². The van der Waals surface area contributed by atoms with Crippen LogP contribution in [0, 0.1) is 6.92 Å². The molecule has 1 fully saturated rings. The predicted octanol–water partition coefficient (Wildman–Crippen LogP) is 0.641. The van der Waals surface area contributed by atoms with Gasteiger partial charge in [0.05, 0.1) is 18.0 Å². The maximum atomic E-state index is 12.3. The Kier molecular flexibility index (Phi) is 5.97. The third-order valence-electron chi connectivity index (χ3n) is 4.03. The number of nitrogens with zero attached hydrogens (tertiary/aromatic N) is 2. The van der Waals surface area contributed by atoms with Crippen LogP contribution in [0.25, 0.3) is 0 Å². The molecular weight excluding hydrogens is 330 g/mol. The summed E-state index contributed by atoms with van der Waals surface area (Å²) in [6.07, 6.45) is 2.09. The highest BCUT2D eigenvalue weighted by atomic mass is 32.2. The number of anilines is 1. The van der Waals surface area contributed by atoms with E-state index >= 15 is 0 Å². The van der Waals surface area contributed by atoms with Crippen molar-refractivity contribution in [3.05, 3.63) is 23.8 Å². The van der Waals surface area contributed by atoms with Crippen LogP contribution in [-0.4, -0.2) is 68.5 Å². The molecule has 134 valence electrons. The van der Waals surface area contributed by atoms with Gasteiger partial charge in [0, 0.05) is 32.4 Å². The monoisotopic (exact) mass is 355 g/mol. The van der Waals surface area contributed by atoms with Crippen LogP contribution in [-0.2, 0) is 14.8 Å². The molecular formula is C16H25N3O4S. The summed E-state index contributed by atoms with van der Waals surface area (Å²) in [6.45, 7) is 2.39. The smallest absolute Gasteiger partial charge is 0.242 e. The number of carbonyl (C=O) groups excluding carboxylic acids is 1. The molecule has 2 N–H and O–H groups in total. The minimum Gasteiger partial charge on any atom is -0.395 e. The molecule has 7 nitrogen and oxygen atoms in total. The topological polar surface area (TPSA) is 90.0 Å². The van der Waals surface area contributed by atoms with Crippen LogP contribution in [0.1, 0.15) is 18.4 Å². The molecule has 0 heterocycles. The van der Waals surface area contributed by atoms with Gasteiger partial charge in [-0.15, -0.1) is 0 Å². The van der Waals surface area contributed by atoms with Gasteiger partial charge in [0.15, 0.2) is 0 Å². The summed E-state index contributed by atoms with van der Waals surface area (Å²) in [5.74, 6) is -0.215. The number of hydrogen-bond donors (Lipinski definition) is 2. The Morgan fingerprint density at radius 1 is 1.33 bits per heavy atom. The molecule has 24 heavy (non-hydrogen) atoms. The van der Waals surface area contributed by atoms with Crippen LogP contribution in [0.2, 0.25) is 0 Å². The lowest BCUT2D eigenvalue weighted by atomic mass is 10.2. The molecule has 0 aliphatic heterocycles. The average molecular weight is 355 g/mol. The normalized spacial score (nSPS) is 15.1. The van der Waals surface area contributed by atoms with E-state index in [1.807, 2.05) is 4.90 Å². The van der Waals surface area contributed by atoms with Gasteiger partial charge in [0.25, 0.3) is 0 Å².